The molecular weight excluding hydrogens is 342 g/mol. The molecule has 0 saturated carbocycles. The van der Waals surface area contributed by atoms with E-state index in [0.29, 0.717) is 36.5 Å². The van der Waals surface area contributed by atoms with Crippen molar-refractivity contribution in [1.82, 2.24) is 20.8 Å². The number of H-pyrrole nitrogens is 1. The average molecular weight is 363 g/mol. The van der Waals surface area contributed by atoms with Crippen molar-refractivity contribution in [2.45, 2.75) is 6.42 Å². The quantitative estimate of drug-likeness (QED) is 0.381. The van der Waals surface area contributed by atoms with E-state index in [2.05, 4.69) is 20.8 Å². The highest BCUT2D eigenvalue weighted by Gasteiger charge is 2.10. The van der Waals surface area contributed by atoms with Crippen LogP contribution in [0.4, 0.5) is 5.69 Å². The summed E-state index contributed by atoms with van der Waals surface area (Å²) in [5, 5.41) is 12.5. The van der Waals surface area contributed by atoms with Crippen LogP contribution < -0.4 is 16.4 Å². The molecule has 7 heteroatoms. The van der Waals surface area contributed by atoms with Gasteiger partial charge < -0.3 is 16.4 Å². The molecule has 0 unspecified atom stereocenters. The van der Waals surface area contributed by atoms with Crippen LogP contribution in [-0.2, 0) is 0 Å². The van der Waals surface area contributed by atoms with Crippen LogP contribution in [0.2, 0.25) is 0 Å². The second-order valence-corrected chi connectivity index (χ2v) is 6.02. The lowest BCUT2D eigenvalue weighted by atomic mass is 10.1. The largest absolute Gasteiger partial charge is 0.399 e. The summed E-state index contributed by atoms with van der Waals surface area (Å²) in [6.45, 7) is 0.891. The Morgan fingerprint density at radius 1 is 0.926 bits per heavy atom. The summed E-state index contributed by atoms with van der Waals surface area (Å²) < 4.78 is 0. The number of anilines is 1. The number of carbonyl (C=O) groups is 2. The SMILES string of the molecule is Nc1cccc(C(=O)NCCCNC(=O)c2cc(-c3ccccc3)n[nH]2)c1. The molecule has 0 bridgehead atoms. The predicted octanol–water partition coefficient (Wildman–Crippen LogP) is 2.21. The lowest BCUT2D eigenvalue weighted by Gasteiger charge is -2.06. The molecule has 7 nitrogen and oxygen atoms in total. The summed E-state index contributed by atoms with van der Waals surface area (Å²) in [4.78, 5) is 24.1. The van der Waals surface area contributed by atoms with Crippen molar-refractivity contribution in [2.24, 2.45) is 0 Å². The molecule has 0 saturated heterocycles. The number of aromatic nitrogens is 2. The Bertz CT molecular complexity index is 921. The minimum Gasteiger partial charge on any atom is -0.399 e. The van der Waals surface area contributed by atoms with Gasteiger partial charge in [0, 0.05) is 29.9 Å². The molecule has 27 heavy (non-hydrogen) atoms. The van der Waals surface area contributed by atoms with Gasteiger partial charge in [0.15, 0.2) is 0 Å². The minimum atomic E-state index is -0.230. The topological polar surface area (TPSA) is 113 Å². The van der Waals surface area contributed by atoms with Gasteiger partial charge in [0.25, 0.3) is 11.8 Å². The number of aromatic amines is 1. The number of hydrogen-bond donors (Lipinski definition) is 4. The summed E-state index contributed by atoms with van der Waals surface area (Å²) in [5.74, 6) is -0.415. The van der Waals surface area contributed by atoms with Gasteiger partial charge in [-0.15, -0.1) is 0 Å². The summed E-state index contributed by atoms with van der Waals surface area (Å²) >= 11 is 0. The molecule has 138 valence electrons. The Labute approximate surface area is 157 Å². The van der Waals surface area contributed by atoms with Crippen molar-refractivity contribution >= 4 is 17.5 Å². The Morgan fingerprint density at radius 3 is 2.41 bits per heavy atom. The maximum absolute atomic E-state index is 12.2. The molecule has 0 fully saturated rings. The van der Waals surface area contributed by atoms with Gasteiger partial charge in [-0.05, 0) is 30.7 Å². The molecule has 0 aliphatic rings. The van der Waals surface area contributed by atoms with Gasteiger partial charge >= 0.3 is 0 Å². The van der Waals surface area contributed by atoms with Crippen molar-refractivity contribution in [2.75, 3.05) is 18.8 Å². The smallest absolute Gasteiger partial charge is 0.269 e. The highest BCUT2D eigenvalue weighted by Crippen LogP contribution is 2.16. The number of carbonyl (C=O) groups excluding carboxylic acids is 2. The number of nitrogens with two attached hydrogens (primary N) is 1. The average Bonchev–Trinajstić information content (AvgIpc) is 3.18. The van der Waals surface area contributed by atoms with Gasteiger partial charge in [-0.25, -0.2) is 0 Å². The molecule has 3 aromatic rings. The van der Waals surface area contributed by atoms with Crippen molar-refractivity contribution in [1.29, 1.82) is 0 Å². The molecule has 0 aliphatic carbocycles. The number of hydrogen-bond acceptors (Lipinski definition) is 4. The van der Waals surface area contributed by atoms with Gasteiger partial charge in [-0.3, -0.25) is 14.7 Å². The van der Waals surface area contributed by atoms with Crippen LogP contribution in [-0.4, -0.2) is 35.1 Å². The van der Waals surface area contributed by atoms with E-state index in [9.17, 15) is 9.59 Å². The summed E-state index contributed by atoms with van der Waals surface area (Å²) in [6, 6.07) is 18.1. The fourth-order valence-corrected chi connectivity index (χ4v) is 2.56. The van der Waals surface area contributed by atoms with Crippen molar-refractivity contribution in [3.05, 3.63) is 71.9 Å². The van der Waals surface area contributed by atoms with E-state index in [1.807, 2.05) is 30.3 Å². The first-order chi connectivity index (χ1) is 13.1. The van der Waals surface area contributed by atoms with E-state index in [4.69, 9.17) is 5.73 Å². The third-order valence-corrected chi connectivity index (χ3v) is 3.97. The van der Waals surface area contributed by atoms with Crippen LogP contribution in [0.3, 0.4) is 0 Å². The maximum atomic E-state index is 12.2. The predicted molar refractivity (Wildman–Crippen MR) is 104 cm³/mol. The highest BCUT2D eigenvalue weighted by atomic mass is 16.2. The van der Waals surface area contributed by atoms with Gasteiger partial charge in [0.05, 0.1) is 5.69 Å². The molecule has 0 atom stereocenters. The van der Waals surface area contributed by atoms with Gasteiger partial charge in [0.1, 0.15) is 5.69 Å². The monoisotopic (exact) mass is 363 g/mol. The summed E-state index contributed by atoms with van der Waals surface area (Å²) in [7, 11) is 0. The fraction of sp³-hybridized carbons (Fsp3) is 0.150. The first-order valence-corrected chi connectivity index (χ1v) is 8.66. The van der Waals surface area contributed by atoms with E-state index in [1.165, 1.54) is 0 Å². The number of nitrogen functional groups attached to an aromatic ring is 1. The number of benzene rings is 2. The van der Waals surface area contributed by atoms with Crippen LogP contribution >= 0.6 is 0 Å². The highest BCUT2D eigenvalue weighted by molar-refractivity contribution is 5.95. The molecule has 2 amide bonds. The van der Waals surface area contributed by atoms with Gasteiger partial charge in [-0.2, -0.15) is 5.10 Å². The Morgan fingerprint density at radius 2 is 1.67 bits per heavy atom. The number of nitrogens with one attached hydrogen (secondary N) is 3. The van der Waals surface area contributed by atoms with Gasteiger partial charge in [-0.1, -0.05) is 36.4 Å². The summed E-state index contributed by atoms with van der Waals surface area (Å²) in [6.07, 6.45) is 0.611. The van der Waals surface area contributed by atoms with Crippen LogP contribution in [0.15, 0.2) is 60.7 Å². The molecule has 5 N–H and O–H groups in total. The molecule has 2 aromatic carbocycles. The first kappa shape index (κ1) is 18.2. The van der Waals surface area contributed by atoms with Crippen molar-refractivity contribution in [3.63, 3.8) is 0 Å². The molecule has 3 rings (SSSR count). The lowest BCUT2D eigenvalue weighted by Crippen LogP contribution is -2.30. The van der Waals surface area contributed by atoms with E-state index in [0.717, 1.165) is 11.3 Å². The third-order valence-electron chi connectivity index (χ3n) is 3.97. The van der Waals surface area contributed by atoms with Gasteiger partial charge in [0.2, 0.25) is 0 Å². The Kier molecular flexibility index (Phi) is 5.84. The second-order valence-electron chi connectivity index (χ2n) is 6.02. The normalized spacial score (nSPS) is 10.4. The second kappa shape index (κ2) is 8.66. The van der Waals surface area contributed by atoms with Crippen molar-refractivity contribution in [3.8, 4) is 11.3 Å². The zero-order valence-electron chi connectivity index (χ0n) is 14.7. The molecule has 1 aromatic heterocycles. The lowest BCUT2D eigenvalue weighted by molar-refractivity contribution is 0.0948. The van der Waals surface area contributed by atoms with E-state index in [-0.39, 0.29) is 11.8 Å². The minimum absolute atomic E-state index is 0.185. The molecule has 1 heterocycles. The first-order valence-electron chi connectivity index (χ1n) is 8.66. The van der Waals surface area contributed by atoms with E-state index in [1.54, 1.807) is 30.3 Å². The number of amides is 2. The maximum Gasteiger partial charge on any atom is 0.269 e. The number of nitrogens with zero attached hydrogens (tertiary/aromatic N) is 1. The fourth-order valence-electron chi connectivity index (χ4n) is 2.56. The van der Waals surface area contributed by atoms with Crippen LogP contribution in [0.5, 0.6) is 0 Å². The standard InChI is InChI=1S/C20H21N5O2/c21-16-9-4-8-15(12-16)19(26)22-10-5-11-23-20(27)18-13-17(24-25-18)14-6-2-1-3-7-14/h1-4,6-9,12-13H,5,10-11,21H2,(H,22,26)(H,23,27)(H,24,25). The molecule has 0 radical (unpaired) electrons. The Balaban J connectivity index is 1.41. The third kappa shape index (κ3) is 4.94. The summed E-state index contributed by atoms with van der Waals surface area (Å²) in [5.41, 5.74) is 8.79. The molecule has 0 aliphatic heterocycles. The van der Waals surface area contributed by atoms with Crippen LogP contribution in [0, 0.1) is 0 Å². The molecular formula is C20H21N5O2. The molecule has 0 spiro atoms. The van der Waals surface area contributed by atoms with Crippen LogP contribution in [0.25, 0.3) is 11.3 Å². The van der Waals surface area contributed by atoms with E-state index < -0.39 is 0 Å². The zero-order chi connectivity index (χ0) is 19.1. The van der Waals surface area contributed by atoms with Crippen LogP contribution in [0.1, 0.15) is 27.3 Å². The number of rotatable bonds is 7. The Hall–Kier alpha value is -3.61. The van der Waals surface area contributed by atoms with Crippen molar-refractivity contribution < 1.29 is 9.59 Å². The van der Waals surface area contributed by atoms with E-state index >= 15 is 0 Å². The zero-order valence-corrected chi connectivity index (χ0v) is 14.7.